The number of hydrogen-bond acceptors (Lipinski definition) is 2. The van der Waals surface area contributed by atoms with Crippen LogP contribution >= 0.6 is 23.2 Å². The van der Waals surface area contributed by atoms with E-state index in [0.29, 0.717) is 28.6 Å². The second-order valence-electron chi connectivity index (χ2n) is 6.19. The maximum absolute atomic E-state index is 12.4. The number of carbonyl (C=O) groups is 2. The van der Waals surface area contributed by atoms with Crippen molar-refractivity contribution in [1.29, 1.82) is 0 Å². The number of halogens is 4. The monoisotopic (exact) mass is 421 g/mol. The molecule has 1 heterocycles. The molecule has 0 atom stereocenters. The van der Waals surface area contributed by atoms with E-state index in [1.54, 1.807) is 24.3 Å². The highest BCUT2D eigenvalue weighted by Gasteiger charge is 2.15. The van der Waals surface area contributed by atoms with Crippen LogP contribution < -0.4 is 0 Å². The van der Waals surface area contributed by atoms with Gasteiger partial charge in [-0.15, -0.1) is 0 Å². The number of aromatic nitrogens is 1. The van der Waals surface area contributed by atoms with E-state index < -0.39 is 13.0 Å². The molecule has 0 unspecified atom stereocenters. The molecule has 28 heavy (non-hydrogen) atoms. The molecule has 0 saturated heterocycles. The highest BCUT2D eigenvalue weighted by molar-refractivity contribution is 6.35. The van der Waals surface area contributed by atoms with Crippen molar-refractivity contribution in [1.82, 2.24) is 4.57 Å². The Bertz CT molecular complexity index is 1070. The van der Waals surface area contributed by atoms with Gasteiger partial charge in [0.25, 0.3) is 6.43 Å². The number of rotatable bonds is 4. The molecule has 4 rings (SSSR count). The smallest absolute Gasteiger partial charge is 0.256 e. The van der Waals surface area contributed by atoms with Crippen LogP contribution in [0.1, 0.15) is 21.6 Å². The summed E-state index contributed by atoms with van der Waals surface area (Å²) >= 11 is 11.9. The Morgan fingerprint density at radius 3 is 2.39 bits per heavy atom. The molecule has 0 N–H and O–H groups in total. The van der Waals surface area contributed by atoms with Crippen molar-refractivity contribution in [3.63, 3.8) is 0 Å². The molecule has 3 aromatic rings. The summed E-state index contributed by atoms with van der Waals surface area (Å²) in [7, 11) is 0. The Hall–Kier alpha value is -2.50. The third-order valence-electron chi connectivity index (χ3n) is 4.37. The Kier molecular flexibility index (Phi) is 6.27. The predicted molar refractivity (Wildman–Crippen MR) is 108 cm³/mol. The Balaban J connectivity index is 0.000000167. The first kappa shape index (κ1) is 20.2. The van der Waals surface area contributed by atoms with Crippen molar-refractivity contribution in [2.45, 2.75) is 19.4 Å². The summed E-state index contributed by atoms with van der Waals surface area (Å²) < 4.78 is 26.0. The zero-order valence-electron chi connectivity index (χ0n) is 14.5. The van der Waals surface area contributed by atoms with Crippen molar-refractivity contribution in [3.8, 4) is 0 Å². The minimum atomic E-state index is -2.52. The topological polar surface area (TPSA) is 39.1 Å². The van der Waals surface area contributed by atoms with E-state index in [1.807, 2.05) is 24.3 Å². The number of fused-ring (bicyclic) bond motifs is 2. The molecule has 3 nitrogen and oxygen atoms in total. The van der Waals surface area contributed by atoms with Crippen LogP contribution in [0.5, 0.6) is 0 Å². The third kappa shape index (κ3) is 4.16. The Morgan fingerprint density at radius 2 is 1.75 bits per heavy atom. The van der Waals surface area contributed by atoms with E-state index in [9.17, 15) is 18.4 Å². The van der Waals surface area contributed by atoms with Crippen molar-refractivity contribution < 1.29 is 18.4 Å². The molecular weight excluding hydrogens is 407 g/mol. The van der Waals surface area contributed by atoms with Gasteiger partial charge in [0.05, 0.1) is 22.8 Å². The highest BCUT2D eigenvalue weighted by Crippen LogP contribution is 2.29. The molecule has 0 amide bonds. The number of para-hydroxylation sites is 1. The lowest BCUT2D eigenvalue weighted by molar-refractivity contribution is -0.104. The molecule has 1 aliphatic carbocycles. The molecule has 1 aliphatic rings. The SMILES string of the molecule is O=CC1=Cc2cccc(Cl)c2C1.O=Cc1cc2cccc(Cl)c2n1CC(F)F. The zero-order chi connectivity index (χ0) is 20.3. The molecule has 2 aromatic carbocycles. The summed E-state index contributed by atoms with van der Waals surface area (Å²) in [6.07, 6.45) is 1.48. The molecule has 144 valence electrons. The van der Waals surface area contributed by atoms with Crippen LogP contribution in [0.25, 0.3) is 17.0 Å². The lowest BCUT2D eigenvalue weighted by atomic mass is 10.1. The highest BCUT2D eigenvalue weighted by atomic mass is 35.5. The van der Waals surface area contributed by atoms with E-state index in [4.69, 9.17) is 23.2 Å². The molecule has 0 fully saturated rings. The van der Waals surface area contributed by atoms with Gasteiger partial charge in [0.2, 0.25) is 0 Å². The van der Waals surface area contributed by atoms with Crippen LogP contribution in [0.15, 0.2) is 48.0 Å². The van der Waals surface area contributed by atoms with Gasteiger partial charge in [-0.3, -0.25) is 9.59 Å². The number of alkyl halides is 2. The second-order valence-corrected chi connectivity index (χ2v) is 7.00. The maximum Gasteiger partial charge on any atom is 0.256 e. The average molecular weight is 422 g/mol. The number of carbonyl (C=O) groups excluding carboxylic acids is 2. The van der Waals surface area contributed by atoms with Crippen LogP contribution in [0, 0.1) is 0 Å². The van der Waals surface area contributed by atoms with E-state index in [-0.39, 0.29) is 5.69 Å². The largest absolute Gasteiger partial charge is 0.331 e. The van der Waals surface area contributed by atoms with E-state index >= 15 is 0 Å². The van der Waals surface area contributed by atoms with Crippen molar-refractivity contribution in [2.75, 3.05) is 0 Å². The number of aldehydes is 2. The quantitative estimate of drug-likeness (QED) is 0.495. The summed E-state index contributed by atoms with van der Waals surface area (Å²) in [5.74, 6) is 0. The summed E-state index contributed by atoms with van der Waals surface area (Å²) in [5.41, 5.74) is 3.64. The van der Waals surface area contributed by atoms with Crippen LogP contribution in [0.2, 0.25) is 10.0 Å². The van der Waals surface area contributed by atoms with Crippen molar-refractivity contribution in [3.05, 3.63) is 74.9 Å². The number of hydrogen-bond donors (Lipinski definition) is 0. The number of nitrogens with zero attached hydrogens (tertiary/aromatic N) is 1. The van der Waals surface area contributed by atoms with Crippen LogP contribution in [-0.4, -0.2) is 23.6 Å². The fourth-order valence-corrected chi connectivity index (χ4v) is 3.69. The predicted octanol–water partition coefficient (Wildman–Crippen LogP) is 5.85. The van der Waals surface area contributed by atoms with Gasteiger partial charge < -0.3 is 4.57 Å². The average Bonchev–Trinajstić information content (AvgIpc) is 3.25. The molecular formula is C21H15Cl2F2NO2. The molecule has 0 radical (unpaired) electrons. The van der Waals surface area contributed by atoms with Gasteiger partial charge in [-0.2, -0.15) is 0 Å². The minimum absolute atomic E-state index is 0.211. The number of allylic oxidation sites excluding steroid dienone is 1. The molecule has 0 saturated carbocycles. The van der Waals surface area contributed by atoms with Crippen LogP contribution in [-0.2, 0) is 17.8 Å². The Morgan fingerprint density at radius 1 is 1.04 bits per heavy atom. The van der Waals surface area contributed by atoms with Crippen molar-refractivity contribution in [2.24, 2.45) is 0 Å². The first-order valence-electron chi connectivity index (χ1n) is 8.38. The van der Waals surface area contributed by atoms with E-state index in [2.05, 4.69) is 0 Å². The fourth-order valence-electron chi connectivity index (χ4n) is 3.16. The van der Waals surface area contributed by atoms with Crippen LogP contribution in [0.4, 0.5) is 8.78 Å². The Labute approximate surface area is 170 Å². The lowest BCUT2D eigenvalue weighted by Crippen LogP contribution is -2.09. The van der Waals surface area contributed by atoms with Gasteiger partial charge in [-0.05, 0) is 41.0 Å². The maximum atomic E-state index is 12.4. The third-order valence-corrected chi connectivity index (χ3v) is 5.03. The lowest BCUT2D eigenvalue weighted by Gasteiger charge is -2.07. The molecule has 7 heteroatoms. The van der Waals surface area contributed by atoms with Gasteiger partial charge in [0.1, 0.15) is 6.29 Å². The summed E-state index contributed by atoms with van der Waals surface area (Å²) in [5, 5.41) is 1.81. The number of benzene rings is 2. The molecule has 0 spiro atoms. The van der Waals surface area contributed by atoms with Gasteiger partial charge in [-0.1, -0.05) is 47.5 Å². The minimum Gasteiger partial charge on any atom is -0.331 e. The van der Waals surface area contributed by atoms with Gasteiger partial charge in [0.15, 0.2) is 6.29 Å². The van der Waals surface area contributed by atoms with E-state index in [1.165, 1.54) is 4.57 Å². The van der Waals surface area contributed by atoms with Gasteiger partial charge in [-0.25, -0.2) is 8.78 Å². The molecule has 0 bridgehead atoms. The van der Waals surface area contributed by atoms with Crippen LogP contribution in [0.3, 0.4) is 0 Å². The summed E-state index contributed by atoms with van der Waals surface area (Å²) in [6.45, 7) is -0.526. The second kappa shape index (κ2) is 8.67. The standard InChI is InChI=1S/C11H8ClF2NO.C10H7ClO/c12-9-3-1-2-7-4-8(6-16)15(11(7)9)5-10(13)14;11-10-3-1-2-8-4-7(6-12)5-9(8)10/h1-4,6,10H,5H2;1-4,6H,5H2. The molecule has 0 aliphatic heterocycles. The first-order valence-corrected chi connectivity index (χ1v) is 9.14. The zero-order valence-corrected chi connectivity index (χ0v) is 16.1. The van der Waals surface area contributed by atoms with Crippen molar-refractivity contribution >= 4 is 52.8 Å². The first-order chi connectivity index (χ1) is 13.4. The normalized spacial score (nSPS) is 12.4. The summed E-state index contributed by atoms with van der Waals surface area (Å²) in [6, 6.07) is 12.3. The van der Waals surface area contributed by atoms with Gasteiger partial charge >= 0.3 is 0 Å². The fraction of sp³-hybridized carbons (Fsp3) is 0.143. The summed E-state index contributed by atoms with van der Waals surface area (Å²) in [4.78, 5) is 21.3. The molecule has 1 aromatic heterocycles. The van der Waals surface area contributed by atoms with Gasteiger partial charge in [0, 0.05) is 16.8 Å². The van der Waals surface area contributed by atoms with E-state index in [0.717, 1.165) is 28.0 Å².